The van der Waals surface area contributed by atoms with Crippen LogP contribution >= 0.6 is 21.6 Å². The van der Waals surface area contributed by atoms with Crippen molar-refractivity contribution in [3.8, 4) is 11.5 Å². The van der Waals surface area contributed by atoms with Gasteiger partial charge in [0.2, 0.25) is 5.89 Å². The molecule has 0 radical (unpaired) electrons. The van der Waals surface area contributed by atoms with Crippen molar-refractivity contribution in [3.63, 3.8) is 0 Å². The van der Waals surface area contributed by atoms with E-state index in [1.54, 1.807) is 12.5 Å². The first-order valence-electron chi connectivity index (χ1n) is 8.12. The maximum absolute atomic E-state index is 5.46. The summed E-state index contributed by atoms with van der Waals surface area (Å²) in [7, 11) is 3.80. The zero-order chi connectivity index (χ0) is 15.6. The van der Waals surface area contributed by atoms with Crippen molar-refractivity contribution >= 4 is 21.6 Å². The molecule has 2 nitrogen and oxygen atoms in total. The van der Waals surface area contributed by atoms with Crippen molar-refractivity contribution in [1.82, 2.24) is 4.98 Å². The molecule has 0 aliphatic carbocycles. The second kappa shape index (κ2) is 10.0. The van der Waals surface area contributed by atoms with Crippen molar-refractivity contribution in [1.29, 1.82) is 0 Å². The zero-order valence-corrected chi connectivity index (χ0v) is 15.1. The van der Waals surface area contributed by atoms with Gasteiger partial charge in [-0.1, -0.05) is 72.7 Å². The first kappa shape index (κ1) is 17.5. The fraction of sp³-hybridized carbons (Fsp3) is 0.500. The molecule has 1 aromatic carbocycles. The summed E-state index contributed by atoms with van der Waals surface area (Å²) in [6.07, 6.45) is 11.5. The highest BCUT2D eigenvalue weighted by Gasteiger charge is 2.12. The number of unbranched alkanes of at least 4 members (excludes halogenated alkanes) is 5. The average molecular weight is 336 g/mol. The third kappa shape index (κ3) is 5.40. The van der Waals surface area contributed by atoms with Crippen LogP contribution in [0.4, 0.5) is 0 Å². The van der Waals surface area contributed by atoms with Crippen LogP contribution in [0.25, 0.3) is 11.5 Å². The molecule has 0 fully saturated rings. The Kier molecular flexibility index (Phi) is 7.95. The minimum atomic E-state index is 0.714. The van der Waals surface area contributed by atoms with E-state index in [2.05, 4.69) is 37.0 Å². The van der Waals surface area contributed by atoms with Crippen LogP contribution in [0.1, 0.15) is 51.0 Å². The quantitative estimate of drug-likeness (QED) is 0.354. The molecule has 4 heteroatoms. The molecule has 0 saturated heterocycles. The van der Waals surface area contributed by atoms with Gasteiger partial charge in [-0.25, -0.2) is 4.98 Å². The minimum absolute atomic E-state index is 0.714. The fourth-order valence-electron chi connectivity index (χ4n) is 2.33. The SMILES string of the molecule is CCCCCCCCSSc1c(C)cccc1-c1ncco1. The van der Waals surface area contributed by atoms with Crippen LogP contribution in [0.5, 0.6) is 0 Å². The summed E-state index contributed by atoms with van der Waals surface area (Å²) in [5.74, 6) is 1.92. The maximum Gasteiger partial charge on any atom is 0.227 e. The number of benzene rings is 1. The molecule has 2 aromatic rings. The Morgan fingerprint density at radius 3 is 2.68 bits per heavy atom. The van der Waals surface area contributed by atoms with E-state index in [0.29, 0.717) is 5.89 Å². The van der Waals surface area contributed by atoms with Gasteiger partial charge >= 0.3 is 0 Å². The summed E-state index contributed by atoms with van der Waals surface area (Å²) in [6.45, 7) is 4.42. The monoisotopic (exact) mass is 335 g/mol. The molecule has 1 aromatic heterocycles. The van der Waals surface area contributed by atoms with Crippen LogP contribution in [-0.2, 0) is 0 Å². The highest BCUT2D eigenvalue weighted by molar-refractivity contribution is 8.76. The number of aryl methyl sites for hydroxylation is 1. The summed E-state index contributed by atoms with van der Waals surface area (Å²) in [5, 5.41) is 0. The topological polar surface area (TPSA) is 26.0 Å². The Labute approximate surface area is 141 Å². The van der Waals surface area contributed by atoms with Crippen LogP contribution in [-0.4, -0.2) is 10.7 Å². The molecule has 0 aliphatic rings. The normalized spacial score (nSPS) is 11.0. The summed E-state index contributed by atoms with van der Waals surface area (Å²) in [4.78, 5) is 5.56. The molecule has 0 N–H and O–H groups in total. The molecule has 0 amide bonds. The second-order valence-electron chi connectivity index (χ2n) is 5.46. The third-order valence-electron chi connectivity index (χ3n) is 3.60. The predicted molar refractivity (Wildman–Crippen MR) is 98.4 cm³/mol. The molecule has 120 valence electrons. The lowest BCUT2D eigenvalue weighted by Gasteiger charge is -2.09. The van der Waals surface area contributed by atoms with Gasteiger partial charge in [0.15, 0.2) is 0 Å². The van der Waals surface area contributed by atoms with E-state index in [4.69, 9.17) is 4.42 Å². The van der Waals surface area contributed by atoms with Gasteiger partial charge in [-0.15, -0.1) is 0 Å². The Hall–Kier alpha value is -0.870. The van der Waals surface area contributed by atoms with E-state index in [0.717, 1.165) is 5.56 Å². The van der Waals surface area contributed by atoms with Crippen LogP contribution in [0.15, 0.2) is 40.0 Å². The van der Waals surface area contributed by atoms with E-state index < -0.39 is 0 Å². The van der Waals surface area contributed by atoms with Crippen LogP contribution in [0, 0.1) is 6.92 Å². The van der Waals surface area contributed by atoms with Gasteiger partial charge in [0.1, 0.15) is 6.26 Å². The van der Waals surface area contributed by atoms with Crippen LogP contribution < -0.4 is 0 Å². The number of hydrogen-bond donors (Lipinski definition) is 0. The minimum Gasteiger partial charge on any atom is -0.444 e. The fourth-order valence-corrected chi connectivity index (χ4v) is 4.92. The second-order valence-corrected chi connectivity index (χ2v) is 7.89. The molecular formula is C18H25NOS2. The van der Waals surface area contributed by atoms with Crippen molar-refractivity contribution < 1.29 is 4.42 Å². The smallest absolute Gasteiger partial charge is 0.227 e. The van der Waals surface area contributed by atoms with E-state index in [9.17, 15) is 0 Å². The van der Waals surface area contributed by atoms with E-state index >= 15 is 0 Å². The molecule has 2 rings (SSSR count). The maximum atomic E-state index is 5.46. The lowest BCUT2D eigenvalue weighted by atomic mass is 10.1. The molecule has 0 unspecified atom stereocenters. The van der Waals surface area contributed by atoms with Gasteiger partial charge in [0.05, 0.1) is 11.8 Å². The highest BCUT2D eigenvalue weighted by atomic mass is 33.1. The Morgan fingerprint density at radius 2 is 1.91 bits per heavy atom. The first-order chi connectivity index (χ1) is 10.8. The predicted octanol–water partition coefficient (Wildman–Crippen LogP) is 6.75. The summed E-state index contributed by atoms with van der Waals surface area (Å²) in [6, 6.07) is 6.31. The Bertz CT molecular complexity index is 540. The largest absolute Gasteiger partial charge is 0.444 e. The third-order valence-corrected chi connectivity index (χ3v) is 6.23. The number of hydrogen-bond acceptors (Lipinski definition) is 4. The highest BCUT2D eigenvalue weighted by Crippen LogP contribution is 2.40. The molecule has 0 spiro atoms. The summed E-state index contributed by atoms with van der Waals surface area (Å²) in [5.41, 5.74) is 2.39. The molecule has 0 atom stereocenters. The van der Waals surface area contributed by atoms with Crippen molar-refractivity contribution in [2.24, 2.45) is 0 Å². The molecule has 0 bridgehead atoms. The lowest BCUT2D eigenvalue weighted by Crippen LogP contribution is -1.86. The summed E-state index contributed by atoms with van der Waals surface area (Å²) >= 11 is 0. The van der Waals surface area contributed by atoms with Gasteiger partial charge < -0.3 is 4.42 Å². The number of aromatic nitrogens is 1. The van der Waals surface area contributed by atoms with Crippen LogP contribution in [0.2, 0.25) is 0 Å². The van der Waals surface area contributed by atoms with Crippen molar-refractivity contribution in [2.45, 2.75) is 57.3 Å². The number of rotatable bonds is 10. The van der Waals surface area contributed by atoms with E-state index in [1.807, 2.05) is 21.6 Å². The lowest BCUT2D eigenvalue weighted by molar-refractivity contribution is 0.573. The van der Waals surface area contributed by atoms with Crippen molar-refractivity contribution in [3.05, 3.63) is 36.2 Å². The van der Waals surface area contributed by atoms with Crippen molar-refractivity contribution in [2.75, 3.05) is 5.75 Å². The number of nitrogens with zero attached hydrogens (tertiary/aromatic N) is 1. The standard InChI is InChI=1S/C18H25NOS2/c1-3-4-5-6-7-8-14-21-22-17-15(2)10-9-11-16(17)18-19-12-13-20-18/h9-13H,3-8,14H2,1-2H3. The van der Waals surface area contributed by atoms with Gasteiger partial charge in [-0.05, 0) is 25.0 Å². The van der Waals surface area contributed by atoms with Gasteiger partial charge in [-0.3, -0.25) is 0 Å². The average Bonchev–Trinajstić information content (AvgIpc) is 3.05. The molecule has 1 heterocycles. The molecular weight excluding hydrogens is 310 g/mol. The van der Waals surface area contributed by atoms with Gasteiger partial charge in [-0.2, -0.15) is 0 Å². The van der Waals surface area contributed by atoms with E-state index in [-0.39, 0.29) is 0 Å². The first-order valence-corrected chi connectivity index (χ1v) is 10.4. The summed E-state index contributed by atoms with van der Waals surface area (Å²) < 4.78 is 5.46. The number of oxazole rings is 1. The van der Waals surface area contributed by atoms with E-state index in [1.165, 1.54) is 54.7 Å². The zero-order valence-electron chi connectivity index (χ0n) is 13.5. The Balaban J connectivity index is 1.80. The van der Waals surface area contributed by atoms with Gasteiger partial charge in [0.25, 0.3) is 0 Å². The molecule has 0 aliphatic heterocycles. The molecule has 0 saturated carbocycles. The van der Waals surface area contributed by atoms with Crippen LogP contribution in [0.3, 0.4) is 0 Å². The Morgan fingerprint density at radius 1 is 1.09 bits per heavy atom. The molecule has 22 heavy (non-hydrogen) atoms. The van der Waals surface area contributed by atoms with Gasteiger partial charge in [0, 0.05) is 10.6 Å².